The van der Waals surface area contributed by atoms with Crippen LogP contribution >= 0.6 is 11.6 Å². The zero-order valence-corrected chi connectivity index (χ0v) is 11.4. The van der Waals surface area contributed by atoms with Crippen molar-refractivity contribution < 1.29 is 22.3 Å². The zero-order chi connectivity index (χ0) is 15.6. The Morgan fingerprint density at radius 1 is 1.33 bits per heavy atom. The van der Waals surface area contributed by atoms with Crippen molar-refractivity contribution in [3.63, 3.8) is 0 Å². The fourth-order valence-corrected chi connectivity index (χ4v) is 1.80. The maximum Gasteiger partial charge on any atom is 0.573 e. The molecule has 0 amide bonds. The lowest BCUT2D eigenvalue weighted by Gasteiger charge is -2.10. The van der Waals surface area contributed by atoms with E-state index in [4.69, 9.17) is 11.6 Å². The molecule has 0 fully saturated rings. The summed E-state index contributed by atoms with van der Waals surface area (Å²) in [6, 6.07) is 4.94. The van der Waals surface area contributed by atoms with Gasteiger partial charge in [-0.3, -0.25) is 5.10 Å². The molecule has 0 aliphatic heterocycles. The molecule has 1 N–H and O–H groups in total. The Bertz CT molecular complexity index is 679. The lowest BCUT2D eigenvalue weighted by atomic mass is 10.2. The van der Waals surface area contributed by atoms with Gasteiger partial charge in [0.25, 0.3) is 0 Å². The smallest absolute Gasteiger partial charge is 0.404 e. The first-order valence-corrected chi connectivity index (χ1v) is 6.07. The summed E-state index contributed by atoms with van der Waals surface area (Å²) in [4.78, 5) is 0. The van der Waals surface area contributed by atoms with Crippen LogP contribution in [0.25, 0.3) is 11.9 Å². The van der Waals surface area contributed by atoms with Crippen molar-refractivity contribution in [2.45, 2.75) is 13.3 Å². The Morgan fingerprint density at radius 2 is 2.05 bits per heavy atom. The molecule has 0 saturated heterocycles. The summed E-state index contributed by atoms with van der Waals surface area (Å²) in [5.74, 6) is -1.18. The Morgan fingerprint density at radius 3 is 2.57 bits per heavy atom. The second-order valence-electron chi connectivity index (χ2n) is 4.17. The van der Waals surface area contributed by atoms with Crippen molar-refractivity contribution in [3.8, 4) is 5.75 Å². The number of rotatable bonds is 3. The normalized spacial score (nSPS) is 12.6. The molecule has 1 aromatic heterocycles. The van der Waals surface area contributed by atoms with E-state index in [1.807, 2.05) is 0 Å². The van der Waals surface area contributed by atoms with Gasteiger partial charge in [0.05, 0.1) is 5.02 Å². The number of ether oxygens (including phenoxy) is 1. The third-order valence-corrected chi connectivity index (χ3v) is 2.72. The van der Waals surface area contributed by atoms with Crippen LogP contribution in [0.5, 0.6) is 5.75 Å². The Labute approximate surface area is 122 Å². The molecule has 0 bridgehead atoms. The Hall–Kier alpha value is -2.02. The van der Waals surface area contributed by atoms with E-state index in [9.17, 15) is 17.6 Å². The minimum absolute atomic E-state index is 0.0965. The topological polar surface area (TPSA) is 37.9 Å². The molecule has 1 aromatic carbocycles. The highest BCUT2D eigenvalue weighted by atomic mass is 35.5. The summed E-state index contributed by atoms with van der Waals surface area (Å²) < 4.78 is 53.9. The van der Waals surface area contributed by atoms with Crippen molar-refractivity contribution in [2.75, 3.05) is 0 Å². The quantitative estimate of drug-likeness (QED) is 0.830. The summed E-state index contributed by atoms with van der Waals surface area (Å²) in [5, 5.41) is 6.03. The van der Waals surface area contributed by atoms with Crippen molar-refractivity contribution in [1.82, 2.24) is 10.2 Å². The van der Waals surface area contributed by atoms with Gasteiger partial charge in [0.15, 0.2) is 5.83 Å². The van der Waals surface area contributed by atoms with E-state index in [1.165, 1.54) is 18.2 Å². The lowest BCUT2D eigenvalue weighted by Crippen LogP contribution is -2.17. The first kappa shape index (κ1) is 15.4. The van der Waals surface area contributed by atoms with Crippen LogP contribution in [-0.4, -0.2) is 16.6 Å². The van der Waals surface area contributed by atoms with Gasteiger partial charge in [-0.2, -0.15) is 5.10 Å². The minimum Gasteiger partial charge on any atom is -0.404 e. The van der Waals surface area contributed by atoms with E-state index in [2.05, 4.69) is 14.9 Å². The van der Waals surface area contributed by atoms with Gasteiger partial charge >= 0.3 is 6.36 Å². The van der Waals surface area contributed by atoms with Crippen LogP contribution in [0.4, 0.5) is 17.6 Å². The van der Waals surface area contributed by atoms with Crippen LogP contribution < -0.4 is 4.74 Å². The zero-order valence-electron chi connectivity index (χ0n) is 10.6. The molecule has 0 radical (unpaired) electrons. The van der Waals surface area contributed by atoms with Crippen LogP contribution in [0.2, 0.25) is 5.02 Å². The first-order chi connectivity index (χ1) is 9.74. The molecule has 0 spiro atoms. The molecule has 1 heterocycles. The van der Waals surface area contributed by atoms with E-state index in [0.29, 0.717) is 5.69 Å². The number of aromatic amines is 1. The van der Waals surface area contributed by atoms with Gasteiger partial charge in [-0.15, -0.1) is 13.2 Å². The van der Waals surface area contributed by atoms with Gasteiger partial charge in [-0.1, -0.05) is 17.7 Å². The number of halogens is 5. The average molecular weight is 321 g/mol. The van der Waals surface area contributed by atoms with Crippen molar-refractivity contribution in [2.24, 2.45) is 0 Å². The number of alkyl halides is 3. The second-order valence-corrected chi connectivity index (χ2v) is 4.57. The molecule has 0 unspecified atom stereocenters. The van der Waals surface area contributed by atoms with Gasteiger partial charge < -0.3 is 4.74 Å². The van der Waals surface area contributed by atoms with Crippen molar-refractivity contribution >= 4 is 23.5 Å². The summed E-state index contributed by atoms with van der Waals surface area (Å²) >= 11 is 5.67. The molecule has 112 valence electrons. The van der Waals surface area contributed by atoms with Crippen molar-refractivity contribution in [1.29, 1.82) is 0 Å². The molecule has 0 atom stereocenters. The number of nitrogens with one attached hydrogen (secondary N) is 1. The van der Waals surface area contributed by atoms with E-state index in [-0.39, 0.29) is 16.3 Å². The van der Waals surface area contributed by atoms with Gasteiger partial charge in [-0.25, -0.2) is 4.39 Å². The van der Waals surface area contributed by atoms with Gasteiger partial charge in [0, 0.05) is 5.69 Å². The first-order valence-electron chi connectivity index (χ1n) is 5.69. The maximum absolute atomic E-state index is 13.9. The van der Waals surface area contributed by atoms with Gasteiger partial charge in [0.2, 0.25) is 0 Å². The van der Waals surface area contributed by atoms with E-state index < -0.39 is 17.9 Å². The monoisotopic (exact) mass is 320 g/mol. The highest BCUT2D eigenvalue weighted by molar-refractivity contribution is 6.32. The molecule has 0 saturated carbocycles. The number of hydrogen-bond donors (Lipinski definition) is 1. The molecule has 0 aliphatic rings. The standard InChI is InChI=1S/C13H9ClF4N2O/c1-7-4-11(20-19-7)10(15)6-8-2-3-12(9(14)5-8)21-13(16,17)18/h2-6H,1H3,(H,19,20). The van der Waals surface area contributed by atoms with Crippen molar-refractivity contribution in [3.05, 3.63) is 46.2 Å². The third kappa shape index (κ3) is 4.22. The SMILES string of the molecule is Cc1cc(C(F)=Cc2ccc(OC(F)(F)F)c(Cl)c2)n[nH]1. The second kappa shape index (κ2) is 5.77. The highest BCUT2D eigenvalue weighted by Crippen LogP contribution is 2.31. The summed E-state index contributed by atoms with van der Waals surface area (Å²) in [6.07, 6.45) is -3.72. The molecule has 3 nitrogen and oxygen atoms in total. The molecule has 2 rings (SSSR count). The molecule has 21 heavy (non-hydrogen) atoms. The summed E-state index contributed by atoms with van der Waals surface area (Å²) in [5.41, 5.74) is 1.06. The number of aryl methyl sites for hydroxylation is 1. The number of nitrogens with zero attached hydrogens (tertiary/aromatic N) is 1. The maximum atomic E-state index is 13.9. The fourth-order valence-electron chi connectivity index (χ4n) is 1.57. The predicted octanol–water partition coefficient (Wildman–Crippen LogP) is 4.74. The molecule has 8 heteroatoms. The lowest BCUT2D eigenvalue weighted by molar-refractivity contribution is -0.274. The van der Waals surface area contributed by atoms with Crippen LogP contribution in [0.3, 0.4) is 0 Å². The number of hydrogen-bond acceptors (Lipinski definition) is 2. The van der Waals surface area contributed by atoms with Gasteiger partial charge in [0.1, 0.15) is 11.4 Å². The van der Waals surface area contributed by atoms with Crippen LogP contribution in [-0.2, 0) is 0 Å². The van der Waals surface area contributed by atoms with E-state index >= 15 is 0 Å². The third-order valence-electron chi connectivity index (χ3n) is 2.43. The van der Waals surface area contributed by atoms with Crippen LogP contribution in [0, 0.1) is 6.92 Å². The fraction of sp³-hybridized carbons (Fsp3) is 0.154. The minimum atomic E-state index is -4.83. The largest absolute Gasteiger partial charge is 0.573 e. The summed E-state index contributed by atoms with van der Waals surface area (Å²) in [6.45, 7) is 1.71. The average Bonchev–Trinajstić information content (AvgIpc) is 2.78. The molecule has 2 aromatic rings. The number of aromatic nitrogens is 2. The summed E-state index contributed by atoms with van der Waals surface area (Å²) in [7, 11) is 0. The van der Waals surface area contributed by atoms with E-state index in [1.54, 1.807) is 6.92 Å². The molecular formula is C13H9ClF4N2O. The Kier molecular flexibility index (Phi) is 4.22. The van der Waals surface area contributed by atoms with Crippen LogP contribution in [0.15, 0.2) is 24.3 Å². The molecule has 0 aliphatic carbocycles. The number of H-pyrrole nitrogens is 1. The van der Waals surface area contributed by atoms with Crippen LogP contribution in [0.1, 0.15) is 17.0 Å². The predicted molar refractivity (Wildman–Crippen MR) is 70.4 cm³/mol. The molecular weight excluding hydrogens is 312 g/mol. The number of benzene rings is 1. The Balaban J connectivity index is 2.24. The van der Waals surface area contributed by atoms with Gasteiger partial charge in [-0.05, 0) is 36.8 Å². The van der Waals surface area contributed by atoms with E-state index in [0.717, 1.165) is 12.1 Å². The highest BCUT2D eigenvalue weighted by Gasteiger charge is 2.31.